The first-order chi connectivity index (χ1) is 6.39. The largest absolute Gasteiger partial charge is 3.00 e. The van der Waals surface area contributed by atoms with Gasteiger partial charge in [0.2, 0.25) is 0 Å². The van der Waals surface area contributed by atoms with Crippen LogP contribution >= 0.6 is 0 Å². The molecule has 2 rings (SSSR count). The summed E-state index contributed by atoms with van der Waals surface area (Å²) in [5, 5.41) is 0. The summed E-state index contributed by atoms with van der Waals surface area (Å²) in [4.78, 5) is 0. The zero-order valence-corrected chi connectivity index (χ0v) is 10.5. The van der Waals surface area contributed by atoms with Crippen LogP contribution in [0.4, 0.5) is 0 Å². The van der Waals surface area contributed by atoms with E-state index >= 15 is 0 Å². The molecule has 0 unspecified atom stereocenters. The van der Waals surface area contributed by atoms with Gasteiger partial charge in [0.1, 0.15) is 0 Å². The molecule has 80 valence electrons. The van der Waals surface area contributed by atoms with Crippen LogP contribution in [0.15, 0.2) is 60.7 Å². The molecule has 0 fully saturated rings. The Bertz CT molecular complexity index is 276. The smallest absolute Gasteiger partial charge is 0.358 e. The minimum absolute atomic E-state index is 0. The normalized spacial score (nSPS) is 7.20. The van der Waals surface area contributed by atoms with Gasteiger partial charge < -0.3 is 7.43 Å². The van der Waals surface area contributed by atoms with Gasteiger partial charge in [-0.25, -0.2) is 0 Å². The van der Waals surface area contributed by atoms with Crippen molar-refractivity contribution in [2.75, 3.05) is 0 Å². The zero-order chi connectivity index (χ0) is 9.36. The predicted octanol–water partition coefficient (Wildman–Crippen LogP) is 3.80. The Morgan fingerprint density at radius 3 is 1.47 bits per heavy atom. The molecule has 0 heterocycles. The van der Waals surface area contributed by atoms with Gasteiger partial charge in [0.05, 0.1) is 0 Å². The zero-order valence-electron chi connectivity index (χ0n) is 8.81. The van der Waals surface area contributed by atoms with Gasteiger partial charge in [-0.3, -0.25) is 0 Å². The Balaban J connectivity index is 0. The second-order valence-corrected chi connectivity index (χ2v) is 2.56. The molecule has 0 spiro atoms. The summed E-state index contributed by atoms with van der Waals surface area (Å²) in [6.45, 7) is 3.72. The molecule has 0 amide bonds. The van der Waals surface area contributed by atoms with E-state index in [2.05, 4.69) is 13.0 Å². The molecule has 0 aliphatic heterocycles. The molecule has 0 aliphatic rings. The standard InChI is InChI=1S/C7H7.C6H5.CH3.Rh/c1-7-5-3-2-4-6-7;1-2-4-6-5-3-1;;/h2-6H,1H2;1-5H;1H3;/q3*-1;+3. The average Bonchev–Trinajstić information content (AvgIpc) is 2.22. The Hall–Kier alpha value is -1.07. The van der Waals surface area contributed by atoms with Gasteiger partial charge in [-0.1, -0.05) is 6.07 Å². The van der Waals surface area contributed by atoms with Crippen LogP contribution in [0.2, 0.25) is 0 Å². The van der Waals surface area contributed by atoms with E-state index in [1.54, 1.807) is 0 Å². The van der Waals surface area contributed by atoms with E-state index in [1.165, 1.54) is 0 Å². The summed E-state index contributed by atoms with van der Waals surface area (Å²) in [5.41, 5.74) is 1.07. The van der Waals surface area contributed by atoms with Gasteiger partial charge in [0.25, 0.3) is 0 Å². The van der Waals surface area contributed by atoms with Crippen LogP contribution in [0.3, 0.4) is 0 Å². The van der Waals surface area contributed by atoms with Crippen LogP contribution in [0.5, 0.6) is 0 Å². The van der Waals surface area contributed by atoms with Crippen LogP contribution in [0, 0.1) is 20.4 Å². The van der Waals surface area contributed by atoms with Crippen molar-refractivity contribution in [3.05, 3.63) is 86.6 Å². The van der Waals surface area contributed by atoms with Crippen LogP contribution in [0.25, 0.3) is 0 Å². The van der Waals surface area contributed by atoms with Crippen LogP contribution in [-0.4, -0.2) is 0 Å². The Labute approximate surface area is 106 Å². The number of hydrogen-bond donors (Lipinski definition) is 0. The number of rotatable bonds is 0. The molecule has 0 saturated carbocycles. The van der Waals surface area contributed by atoms with E-state index < -0.39 is 0 Å². The summed E-state index contributed by atoms with van der Waals surface area (Å²) in [6, 6.07) is 22.4. The number of benzene rings is 2. The molecule has 0 nitrogen and oxygen atoms in total. The second-order valence-electron chi connectivity index (χ2n) is 2.56. The van der Waals surface area contributed by atoms with Crippen molar-refractivity contribution in [2.24, 2.45) is 0 Å². The molecule has 0 atom stereocenters. The second kappa shape index (κ2) is 11.0. The van der Waals surface area contributed by atoms with Gasteiger partial charge in [0, 0.05) is 0 Å². The molecule has 15 heavy (non-hydrogen) atoms. The van der Waals surface area contributed by atoms with Crippen molar-refractivity contribution in [3.8, 4) is 0 Å². The SMILES string of the molecule is [CH2-]c1ccccc1.[CH3-].[Rh+3].[c-]1ccccc1. The van der Waals surface area contributed by atoms with Gasteiger partial charge >= 0.3 is 19.5 Å². The summed E-state index contributed by atoms with van der Waals surface area (Å²) in [6.07, 6.45) is 0. The van der Waals surface area contributed by atoms with E-state index in [0.717, 1.165) is 5.56 Å². The van der Waals surface area contributed by atoms with E-state index in [-0.39, 0.29) is 26.9 Å². The van der Waals surface area contributed by atoms with E-state index in [0.29, 0.717) is 0 Å². The molecule has 1 heteroatoms. The third-order valence-electron chi connectivity index (χ3n) is 1.45. The summed E-state index contributed by atoms with van der Waals surface area (Å²) >= 11 is 0. The van der Waals surface area contributed by atoms with Crippen molar-refractivity contribution in [2.45, 2.75) is 0 Å². The van der Waals surface area contributed by atoms with E-state index in [4.69, 9.17) is 0 Å². The maximum atomic E-state index is 3.72. The van der Waals surface area contributed by atoms with Gasteiger partial charge in [-0.05, 0) is 0 Å². The van der Waals surface area contributed by atoms with Gasteiger partial charge in [-0.2, -0.15) is 61.0 Å². The fraction of sp³-hybridized carbons (Fsp3) is 0. The fourth-order valence-electron chi connectivity index (χ4n) is 0.820. The molecule has 0 saturated heterocycles. The number of hydrogen-bond acceptors (Lipinski definition) is 0. The van der Waals surface area contributed by atoms with Crippen LogP contribution in [0.1, 0.15) is 5.56 Å². The van der Waals surface area contributed by atoms with Crippen LogP contribution < -0.4 is 0 Å². The molecular weight excluding hydrogens is 271 g/mol. The van der Waals surface area contributed by atoms with E-state index in [1.807, 2.05) is 60.7 Å². The summed E-state index contributed by atoms with van der Waals surface area (Å²) < 4.78 is 0. The molecule has 2 aromatic carbocycles. The van der Waals surface area contributed by atoms with Gasteiger partial charge in [0.15, 0.2) is 0 Å². The van der Waals surface area contributed by atoms with Gasteiger partial charge in [-0.15, -0.1) is 12.1 Å². The molecule has 0 N–H and O–H groups in total. The average molecular weight is 286 g/mol. The maximum Gasteiger partial charge on any atom is 3.00 e. The quantitative estimate of drug-likeness (QED) is 0.510. The van der Waals surface area contributed by atoms with Crippen molar-refractivity contribution < 1.29 is 19.5 Å². The third kappa shape index (κ3) is 9.24. The molecule has 2 aromatic rings. The Kier molecular flexibility index (Phi) is 12.0. The van der Waals surface area contributed by atoms with Crippen molar-refractivity contribution in [1.29, 1.82) is 0 Å². The first kappa shape index (κ1) is 16.4. The van der Waals surface area contributed by atoms with E-state index in [9.17, 15) is 0 Å². The molecule has 0 aromatic heterocycles. The maximum absolute atomic E-state index is 3.72. The van der Waals surface area contributed by atoms with Crippen molar-refractivity contribution in [3.63, 3.8) is 0 Å². The Morgan fingerprint density at radius 2 is 1.27 bits per heavy atom. The monoisotopic (exact) mass is 286 g/mol. The molecule has 0 aliphatic carbocycles. The topological polar surface area (TPSA) is 0 Å². The summed E-state index contributed by atoms with van der Waals surface area (Å²) in [5.74, 6) is 0. The minimum atomic E-state index is 0. The minimum Gasteiger partial charge on any atom is -0.358 e. The third-order valence-corrected chi connectivity index (χ3v) is 1.45. The Morgan fingerprint density at radius 1 is 0.800 bits per heavy atom. The molecular formula is C14H15Rh. The van der Waals surface area contributed by atoms with Crippen LogP contribution in [-0.2, 0) is 19.5 Å². The van der Waals surface area contributed by atoms with Crippen molar-refractivity contribution in [1.82, 2.24) is 0 Å². The van der Waals surface area contributed by atoms with Crippen molar-refractivity contribution >= 4 is 0 Å². The fourth-order valence-corrected chi connectivity index (χ4v) is 0.820. The molecule has 0 bridgehead atoms. The summed E-state index contributed by atoms with van der Waals surface area (Å²) in [7, 11) is 0. The predicted molar refractivity (Wildman–Crippen MR) is 62.6 cm³/mol. The first-order valence-corrected chi connectivity index (χ1v) is 4.17. The first-order valence-electron chi connectivity index (χ1n) is 4.17. The molecule has 0 radical (unpaired) electrons.